The number of hydrogen-bond acceptors (Lipinski definition) is 1. The van der Waals surface area contributed by atoms with Crippen LogP contribution in [0.2, 0.25) is 0 Å². The van der Waals surface area contributed by atoms with Crippen molar-refractivity contribution in [3.05, 3.63) is 90.5 Å². The third-order valence-corrected chi connectivity index (χ3v) is 3.91. The first kappa shape index (κ1) is 12.8. The molecule has 0 radical (unpaired) electrons. The van der Waals surface area contributed by atoms with Crippen LogP contribution in [-0.4, -0.2) is 6.21 Å². The number of benzene rings is 4. The molecule has 104 valence electrons. The smallest absolute Gasteiger partial charge is 0.0629 e. The molecule has 4 aromatic carbocycles. The monoisotopic (exact) mass is 281 g/mol. The molecule has 0 fully saturated rings. The molecule has 0 bridgehead atoms. The van der Waals surface area contributed by atoms with Crippen molar-refractivity contribution < 1.29 is 0 Å². The van der Waals surface area contributed by atoms with Crippen LogP contribution in [0, 0.1) is 0 Å². The quantitative estimate of drug-likeness (QED) is 0.328. The largest absolute Gasteiger partial charge is 0.256 e. The summed E-state index contributed by atoms with van der Waals surface area (Å²) in [6.07, 6.45) is 1.96. The molecule has 4 rings (SSSR count). The van der Waals surface area contributed by atoms with Gasteiger partial charge in [-0.3, -0.25) is 4.99 Å². The van der Waals surface area contributed by atoms with Gasteiger partial charge in [-0.15, -0.1) is 0 Å². The fraction of sp³-hybridized carbons (Fsp3) is 0. The highest BCUT2D eigenvalue weighted by Crippen LogP contribution is 2.28. The Morgan fingerprint density at radius 1 is 0.591 bits per heavy atom. The Kier molecular flexibility index (Phi) is 3.17. The zero-order chi connectivity index (χ0) is 14.8. The van der Waals surface area contributed by atoms with E-state index in [0.717, 1.165) is 11.3 Å². The second kappa shape index (κ2) is 5.45. The van der Waals surface area contributed by atoms with E-state index in [1.807, 2.05) is 36.5 Å². The zero-order valence-electron chi connectivity index (χ0n) is 12.1. The van der Waals surface area contributed by atoms with Crippen LogP contribution in [0.4, 0.5) is 5.69 Å². The predicted octanol–water partition coefficient (Wildman–Crippen LogP) is 5.74. The summed E-state index contributed by atoms with van der Waals surface area (Å²) in [4.78, 5) is 4.61. The first-order valence-electron chi connectivity index (χ1n) is 7.41. The summed E-state index contributed by atoms with van der Waals surface area (Å²) in [6, 6.07) is 29.3. The maximum atomic E-state index is 4.61. The van der Waals surface area contributed by atoms with E-state index in [2.05, 4.69) is 59.6 Å². The van der Waals surface area contributed by atoms with Crippen LogP contribution in [0.1, 0.15) is 5.56 Å². The molecule has 0 aliphatic heterocycles. The van der Waals surface area contributed by atoms with E-state index in [1.54, 1.807) is 0 Å². The van der Waals surface area contributed by atoms with Crippen molar-refractivity contribution in [3.8, 4) is 0 Å². The third-order valence-electron chi connectivity index (χ3n) is 3.91. The average Bonchev–Trinajstić information content (AvgIpc) is 2.60. The first-order valence-corrected chi connectivity index (χ1v) is 7.41. The average molecular weight is 281 g/mol. The number of hydrogen-bond donors (Lipinski definition) is 0. The van der Waals surface area contributed by atoms with Gasteiger partial charge in [-0.2, -0.15) is 0 Å². The van der Waals surface area contributed by atoms with Gasteiger partial charge in [-0.05, 0) is 39.7 Å². The van der Waals surface area contributed by atoms with Gasteiger partial charge in [0.2, 0.25) is 0 Å². The van der Waals surface area contributed by atoms with E-state index in [0.29, 0.717) is 0 Å². The molecule has 4 aromatic rings. The summed E-state index contributed by atoms with van der Waals surface area (Å²) >= 11 is 0. The van der Waals surface area contributed by atoms with Gasteiger partial charge in [0.25, 0.3) is 0 Å². The molecule has 22 heavy (non-hydrogen) atoms. The SMILES string of the molecule is C(=Nc1ccccc1)c1cc2ccccc2c2ccccc12. The molecule has 1 nitrogen and oxygen atoms in total. The molecule has 0 saturated heterocycles. The van der Waals surface area contributed by atoms with Crippen molar-refractivity contribution in [1.29, 1.82) is 0 Å². The molecule has 0 atom stereocenters. The molecule has 0 aliphatic rings. The van der Waals surface area contributed by atoms with Gasteiger partial charge in [0.1, 0.15) is 0 Å². The lowest BCUT2D eigenvalue weighted by atomic mass is 9.98. The lowest BCUT2D eigenvalue weighted by Gasteiger charge is -2.07. The molecular weight excluding hydrogens is 266 g/mol. The van der Waals surface area contributed by atoms with E-state index in [-0.39, 0.29) is 0 Å². The Labute approximate surface area is 129 Å². The highest BCUT2D eigenvalue weighted by molar-refractivity contribution is 6.14. The fourth-order valence-electron chi connectivity index (χ4n) is 2.85. The summed E-state index contributed by atoms with van der Waals surface area (Å²) in [5.74, 6) is 0. The molecule has 0 aliphatic carbocycles. The standard InChI is InChI=1S/C21H15N/c1-2-9-18(10-3-1)22-15-17-14-16-8-4-5-11-19(16)21-13-7-6-12-20(17)21/h1-15H. The second-order valence-corrected chi connectivity index (χ2v) is 5.33. The molecule has 0 heterocycles. The van der Waals surface area contributed by atoms with Crippen molar-refractivity contribution >= 4 is 33.4 Å². The van der Waals surface area contributed by atoms with Crippen LogP contribution in [0.5, 0.6) is 0 Å². The van der Waals surface area contributed by atoms with Crippen LogP contribution >= 0.6 is 0 Å². The van der Waals surface area contributed by atoms with Crippen molar-refractivity contribution in [2.75, 3.05) is 0 Å². The maximum Gasteiger partial charge on any atom is 0.0629 e. The lowest BCUT2D eigenvalue weighted by Crippen LogP contribution is -1.86. The lowest BCUT2D eigenvalue weighted by molar-refractivity contribution is 1.53. The molecule has 0 spiro atoms. The summed E-state index contributed by atoms with van der Waals surface area (Å²) in [7, 11) is 0. The maximum absolute atomic E-state index is 4.61. The zero-order valence-corrected chi connectivity index (χ0v) is 12.1. The normalized spacial score (nSPS) is 11.5. The summed E-state index contributed by atoms with van der Waals surface area (Å²) in [6.45, 7) is 0. The van der Waals surface area contributed by atoms with Crippen LogP contribution < -0.4 is 0 Å². The Morgan fingerprint density at radius 2 is 1.23 bits per heavy atom. The van der Waals surface area contributed by atoms with Crippen LogP contribution in [0.25, 0.3) is 21.5 Å². The molecule has 0 aromatic heterocycles. The number of para-hydroxylation sites is 1. The van der Waals surface area contributed by atoms with Gasteiger partial charge in [-0.25, -0.2) is 0 Å². The van der Waals surface area contributed by atoms with E-state index in [4.69, 9.17) is 0 Å². The Balaban J connectivity index is 1.94. The van der Waals surface area contributed by atoms with E-state index < -0.39 is 0 Å². The number of aliphatic imine (C=N–C) groups is 1. The molecule has 0 saturated carbocycles. The molecule has 0 amide bonds. The molecule has 0 N–H and O–H groups in total. The topological polar surface area (TPSA) is 12.4 Å². The number of rotatable bonds is 2. The van der Waals surface area contributed by atoms with Gasteiger partial charge in [0, 0.05) is 11.8 Å². The minimum Gasteiger partial charge on any atom is -0.256 e. The van der Waals surface area contributed by atoms with Gasteiger partial charge < -0.3 is 0 Å². The highest BCUT2D eigenvalue weighted by Gasteiger charge is 2.04. The number of fused-ring (bicyclic) bond motifs is 3. The van der Waals surface area contributed by atoms with E-state index >= 15 is 0 Å². The Bertz CT molecular complexity index is 969. The molecule has 1 heteroatoms. The highest BCUT2D eigenvalue weighted by atomic mass is 14.7. The van der Waals surface area contributed by atoms with Crippen molar-refractivity contribution in [1.82, 2.24) is 0 Å². The first-order chi connectivity index (χ1) is 10.9. The van der Waals surface area contributed by atoms with Gasteiger partial charge >= 0.3 is 0 Å². The minimum atomic E-state index is 0.972. The van der Waals surface area contributed by atoms with Gasteiger partial charge in [0.05, 0.1) is 5.69 Å². The van der Waals surface area contributed by atoms with Gasteiger partial charge in [0.15, 0.2) is 0 Å². The van der Waals surface area contributed by atoms with Crippen LogP contribution in [0.15, 0.2) is 89.9 Å². The molecular formula is C21H15N. The summed E-state index contributed by atoms with van der Waals surface area (Å²) in [5.41, 5.74) is 2.12. The van der Waals surface area contributed by atoms with Crippen molar-refractivity contribution in [3.63, 3.8) is 0 Å². The fourth-order valence-corrected chi connectivity index (χ4v) is 2.85. The number of nitrogens with zero attached hydrogens (tertiary/aromatic N) is 1. The van der Waals surface area contributed by atoms with E-state index in [1.165, 1.54) is 21.5 Å². The Hall–Kier alpha value is -2.93. The third kappa shape index (κ3) is 2.27. The summed E-state index contributed by atoms with van der Waals surface area (Å²) < 4.78 is 0. The summed E-state index contributed by atoms with van der Waals surface area (Å²) in [5, 5.41) is 5.04. The minimum absolute atomic E-state index is 0.972. The Morgan fingerprint density at radius 3 is 2.05 bits per heavy atom. The van der Waals surface area contributed by atoms with Crippen LogP contribution in [-0.2, 0) is 0 Å². The molecule has 0 unspecified atom stereocenters. The van der Waals surface area contributed by atoms with Crippen LogP contribution in [0.3, 0.4) is 0 Å². The van der Waals surface area contributed by atoms with Crippen molar-refractivity contribution in [2.24, 2.45) is 4.99 Å². The van der Waals surface area contributed by atoms with E-state index in [9.17, 15) is 0 Å². The van der Waals surface area contributed by atoms with Crippen molar-refractivity contribution in [2.45, 2.75) is 0 Å². The predicted molar refractivity (Wildman–Crippen MR) is 95.2 cm³/mol. The van der Waals surface area contributed by atoms with Gasteiger partial charge in [-0.1, -0.05) is 66.7 Å². The second-order valence-electron chi connectivity index (χ2n) is 5.33.